The van der Waals surface area contributed by atoms with Crippen molar-refractivity contribution in [1.29, 1.82) is 0 Å². The van der Waals surface area contributed by atoms with Gasteiger partial charge in [-0.15, -0.1) is 10.2 Å². The number of aryl methyl sites for hydroxylation is 2. The molecule has 3 aromatic rings. The molecule has 6 nitrogen and oxygen atoms in total. The highest BCUT2D eigenvalue weighted by Gasteiger charge is 2.11. The summed E-state index contributed by atoms with van der Waals surface area (Å²) in [6, 6.07) is 14.2. The molecule has 0 fully saturated rings. The van der Waals surface area contributed by atoms with Crippen LogP contribution in [-0.2, 0) is 4.79 Å². The van der Waals surface area contributed by atoms with Crippen LogP contribution in [0.4, 0.5) is 5.69 Å². The number of thioether (sulfide) groups is 1. The van der Waals surface area contributed by atoms with Gasteiger partial charge in [0.05, 0.1) is 11.4 Å². The van der Waals surface area contributed by atoms with E-state index >= 15 is 0 Å². The zero-order valence-electron chi connectivity index (χ0n) is 17.4. The van der Waals surface area contributed by atoms with Crippen LogP contribution in [-0.4, -0.2) is 46.1 Å². The first-order chi connectivity index (χ1) is 14.5. The molecule has 1 heterocycles. The van der Waals surface area contributed by atoms with Gasteiger partial charge in [-0.2, -0.15) is 0 Å². The molecule has 2 aromatic carbocycles. The van der Waals surface area contributed by atoms with Crippen molar-refractivity contribution in [3.05, 3.63) is 64.9 Å². The van der Waals surface area contributed by atoms with Crippen LogP contribution < -0.4 is 10.2 Å². The van der Waals surface area contributed by atoms with Gasteiger partial charge in [-0.1, -0.05) is 41.6 Å². The van der Waals surface area contributed by atoms with E-state index in [0.717, 1.165) is 24.3 Å². The maximum Gasteiger partial charge on any atom is 0.230 e. The maximum absolute atomic E-state index is 12.3. The molecule has 3 rings (SSSR count). The fourth-order valence-electron chi connectivity index (χ4n) is 3.04. The lowest BCUT2D eigenvalue weighted by molar-refractivity contribution is -0.118. The van der Waals surface area contributed by atoms with E-state index < -0.39 is 0 Å². The molecule has 1 N–H and O–H groups in total. The number of amides is 1. The molecule has 30 heavy (non-hydrogen) atoms. The van der Waals surface area contributed by atoms with E-state index in [2.05, 4.69) is 58.5 Å². The summed E-state index contributed by atoms with van der Waals surface area (Å²) in [5.74, 6) is 0.242. The third-order valence-electron chi connectivity index (χ3n) is 4.73. The van der Waals surface area contributed by atoms with E-state index in [1.165, 1.54) is 23.0 Å². The molecule has 8 heteroatoms. The molecular formula is C22H26ClN5OS. The standard InChI is InChI=1S/C22H26ClN5OS/c1-4-27(18-7-5-6-16(2)12-18)11-10-24-21(29)14-30-22-26-25-15-28(22)19-9-8-17(3)20(23)13-19/h5-9,12-13,15H,4,10-11,14H2,1-3H3,(H,24,29). The Morgan fingerprint density at radius 1 is 1.23 bits per heavy atom. The molecule has 1 aromatic heterocycles. The Balaban J connectivity index is 1.51. The van der Waals surface area contributed by atoms with Crippen LogP contribution in [0.2, 0.25) is 5.02 Å². The topological polar surface area (TPSA) is 63.1 Å². The summed E-state index contributed by atoms with van der Waals surface area (Å²) in [4.78, 5) is 14.6. The van der Waals surface area contributed by atoms with Gasteiger partial charge >= 0.3 is 0 Å². The lowest BCUT2D eigenvalue weighted by Crippen LogP contribution is -2.35. The lowest BCUT2D eigenvalue weighted by Gasteiger charge is -2.23. The van der Waals surface area contributed by atoms with Crippen molar-refractivity contribution in [3.8, 4) is 5.69 Å². The average Bonchev–Trinajstić information content (AvgIpc) is 3.20. The highest BCUT2D eigenvalue weighted by molar-refractivity contribution is 7.99. The number of carbonyl (C=O) groups excluding carboxylic acids is 1. The second-order valence-electron chi connectivity index (χ2n) is 6.97. The van der Waals surface area contributed by atoms with Crippen LogP contribution in [0.1, 0.15) is 18.1 Å². The van der Waals surface area contributed by atoms with Gasteiger partial charge in [-0.25, -0.2) is 0 Å². The number of anilines is 1. The largest absolute Gasteiger partial charge is 0.370 e. The van der Waals surface area contributed by atoms with E-state index in [9.17, 15) is 4.79 Å². The summed E-state index contributed by atoms with van der Waals surface area (Å²) in [6.45, 7) is 8.38. The Morgan fingerprint density at radius 2 is 2.07 bits per heavy atom. The quantitative estimate of drug-likeness (QED) is 0.500. The second kappa shape index (κ2) is 10.5. The Hall–Kier alpha value is -2.51. The molecule has 0 spiro atoms. The second-order valence-corrected chi connectivity index (χ2v) is 8.32. The molecule has 0 aliphatic heterocycles. The van der Waals surface area contributed by atoms with E-state index in [-0.39, 0.29) is 11.7 Å². The Labute approximate surface area is 186 Å². The van der Waals surface area contributed by atoms with Crippen molar-refractivity contribution >= 4 is 35.0 Å². The van der Waals surface area contributed by atoms with Crippen molar-refractivity contribution in [3.63, 3.8) is 0 Å². The zero-order valence-corrected chi connectivity index (χ0v) is 19.0. The normalized spacial score (nSPS) is 10.8. The fourth-order valence-corrected chi connectivity index (χ4v) is 3.97. The van der Waals surface area contributed by atoms with E-state index in [4.69, 9.17) is 11.6 Å². The number of halogens is 1. The van der Waals surface area contributed by atoms with E-state index in [0.29, 0.717) is 16.7 Å². The van der Waals surface area contributed by atoms with Gasteiger partial charge in [-0.3, -0.25) is 9.36 Å². The zero-order chi connectivity index (χ0) is 21.5. The molecule has 158 valence electrons. The predicted octanol–water partition coefficient (Wildman–Crippen LogP) is 4.27. The van der Waals surface area contributed by atoms with Gasteiger partial charge in [0.25, 0.3) is 0 Å². The summed E-state index contributed by atoms with van der Waals surface area (Å²) in [5, 5.41) is 12.4. The Morgan fingerprint density at radius 3 is 2.80 bits per heavy atom. The number of carbonyl (C=O) groups is 1. The van der Waals surface area contributed by atoms with E-state index in [1.54, 1.807) is 6.33 Å². The van der Waals surface area contributed by atoms with Crippen molar-refractivity contribution in [1.82, 2.24) is 20.1 Å². The third-order valence-corrected chi connectivity index (χ3v) is 6.09. The maximum atomic E-state index is 12.3. The van der Waals surface area contributed by atoms with E-state index in [1.807, 2.05) is 29.7 Å². The SMILES string of the molecule is CCN(CCNC(=O)CSc1nncn1-c1ccc(C)c(Cl)c1)c1cccc(C)c1. The van der Waals surface area contributed by atoms with Crippen LogP contribution in [0.25, 0.3) is 5.69 Å². The van der Waals surface area contributed by atoms with Gasteiger partial charge < -0.3 is 10.2 Å². The number of hydrogen-bond donors (Lipinski definition) is 1. The predicted molar refractivity (Wildman–Crippen MR) is 124 cm³/mol. The lowest BCUT2D eigenvalue weighted by atomic mass is 10.2. The average molecular weight is 444 g/mol. The smallest absolute Gasteiger partial charge is 0.230 e. The van der Waals surface area contributed by atoms with Gasteiger partial charge in [-0.05, 0) is 56.2 Å². The molecule has 0 saturated heterocycles. The molecule has 1 amide bonds. The monoisotopic (exact) mass is 443 g/mol. The van der Waals surface area contributed by atoms with Crippen molar-refractivity contribution in [2.75, 3.05) is 30.3 Å². The number of rotatable bonds is 9. The fraction of sp³-hybridized carbons (Fsp3) is 0.318. The summed E-state index contributed by atoms with van der Waals surface area (Å²) in [6.07, 6.45) is 1.63. The molecule has 0 radical (unpaired) electrons. The number of nitrogens with one attached hydrogen (secondary N) is 1. The number of benzene rings is 2. The highest BCUT2D eigenvalue weighted by atomic mass is 35.5. The first kappa shape index (κ1) is 22.2. The molecule has 0 saturated carbocycles. The number of nitrogens with zero attached hydrogens (tertiary/aromatic N) is 4. The highest BCUT2D eigenvalue weighted by Crippen LogP contribution is 2.23. The van der Waals surface area contributed by atoms with Crippen LogP contribution in [0.3, 0.4) is 0 Å². The van der Waals surface area contributed by atoms with Crippen molar-refractivity contribution in [2.24, 2.45) is 0 Å². The molecular weight excluding hydrogens is 418 g/mol. The van der Waals surface area contributed by atoms with Crippen LogP contribution in [0.15, 0.2) is 53.9 Å². The van der Waals surface area contributed by atoms with Crippen LogP contribution in [0, 0.1) is 13.8 Å². The van der Waals surface area contributed by atoms with Crippen molar-refractivity contribution < 1.29 is 4.79 Å². The summed E-state index contributed by atoms with van der Waals surface area (Å²) in [5.41, 5.74) is 4.28. The molecule has 0 unspecified atom stereocenters. The number of hydrogen-bond acceptors (Lipinski definition) is 5. The molecule has 0 bridgehead atoms. The Kier molecular flexibility index (Phi) is 7.76. The first-order valence-corrected chi connectivity index (χ1v) is 11.2. The van der Waals surface area contributed by atoms with Gasteiger partial charge in [0.15, 0.2) is 5.16 Å². The summed E-state index contributed by atoms with van der Waals surface area (Å²) in [7, 11) is 0. The van der Waals surface area contributed by atoms with Gasteiger partial charge in [0.1, 0.15) is 6.33 Å². The van der Waals surface area contributed by atoms with Crippen molar-refractivity contribution in [2.45, 2.75) is 25.9 Å². The molecule has 0 aliphatic rings. The summed E-state index contributed by atoms with van der Waals surface area (Å²) < 4.78 is 1.83. The molecule has 0 aliphatic carbocycles. The number of aromatic nitrogens is 3. The minimum Gasteiger partial charge on any atom is -0.370 e. The van der Waals surface area contributed by atoms with Gasteiger partial charge in [0.2, 0.25) is 5.91 Å². The molecule has 0 atom stereocenters. The van der Waals surface area contributed by atoms with Gasteiger partial charge in [0, 0.05) is 30.3 Å². The number of likely N-dealkylation sites (N-methyl/N-ethyl adjacent to an activating group) is 1. The minimum absolute atomic E-state index is 0.0308. The van der Waals surface area contributed by atoms with Crippen LogP contribution in [0.5, 0.6) is 0 Å². The third kappa shape index (κ3) is 5.77. The van der Waals surface area contributed by atoms with Crippen LogP contribution >= 0.6 is 23.4 Å². The first-order valence-electron chi connectivity index (χ1n) is 9.85. The minimum atomic E-state index is -0.0308. The summed E-state index contributed by atoms with van der Waals surface area (Å²) >= 11 is 7.58. The Bertz CT molecular complexity index is 1010.